The second-order valence-electron chi connectivity index (χ2n) is 11.4. The Morgan fingerprint density at radius 1 is 0.579 bits per heavy atom. The monoisotopic (exact) mass is 546 g/mol. The Bertz CT molecular complexity index is 814. The van der Waals surface area contributed by atoms with Gasteiger partial charge in [0.1, 0.15) is 28.9 Å². The lowest BCUT2D eigenvalue weighted by molar-refractivity contribution is -0.125. The molecule has 0 aliphatic rings. The van der Waals surface area contributed by atoms with Gasteiger partial charge in [-0.1, -0.05) is 0 Å². The number of hydrogen-bond donors (Lipinski definition) is 6. The molecule has 2 atom stereocenters. The summed E-state index contributed by atoms with van der Waals surface area (Å²) >= 11 is 0. The van der Waals surface area contributed by atoms with E-state index in [4.69, 9.17) is 19.9 Å². The molecule has 0 aromatic carbocycles. The van der Waals surface area contributed by atoms with Gasteiger partial charge in [-0.25, -0.2) is 14.4 Å². The third kappa shape index (κ3) is 18.0. The predicted octanol–water partition coefficient (Wildman–Crippen LogP) is 0.879. The van der Waals surface area contributed by atoms with Crippen LogP contribution in [0.25, 0.3) is 0 Å². The summed E-state index contributed by atoms with van der Waals surface area (Å²) in [5, 5.41) is 12.6. The standard InChI is InChI=1S/C24H46N6O8/c1-22(2,3)36-19(33)28-13-12-27-17(31)15(29-20(34)37-23(4,5)6)10-11-26-18(32)16(14-25)30-21(35)38-24(7,8)9/h15-16H,10-14,25H2,1-9H3,(H,26,32)(H,27,31)(H,28,33)(H,29,34)(H,30,35)/t15-,16-/m0/s1. The van der Waals surface area contributed by atoms with Crippen LogP contribution in [0.5, 0.6) is 0 Å². The van der Waals surface area contributed by atoms with Crippen LogP contribution in [0.4, 0.5) is 14.4 Å². The Labute approximate surface area is 224 Å². The molecule has 5 amide bonds. The van der Waals surface area contributed by atoms with Crippen LogP contribution < -0.4 is 32.3 Å². The largest absolute Gasteiger partial charge is 0.444 e. The topological polar surface area (TPSA) is 199 Å². The van der Waals surface area contributed by atoms with Gasteiger partial charge >= 0.3 is 18.3 Å². The van der Waals surface area contributed by atoms with E-state index in [2.05, 4.69) is 26.6 Å². The van der Waals surface area contributed by atoms with E-state index >= 15 is 0 Å². The van der Waals surface area contributed by atoms with E-state index in [0.29, 0.717) is 0 Å². The maximum Gasteiger partial charge on any atom is 0.408 e. The summed E-state index contributed by atoms with van der Waals surface area (Å²) < 4.78 is 15.5. The molecule has 0 saturated carbocycles. The van der Waals surface area contributed by atoms with Crippen molar-refractivity contribution in [3.8, 4) is 0 Å². The second-order valence-corrected chi connectivity index (χ2v) is 11.4. The lowest BCUT2D eigenvalue weighted by Crippen LogP contribution is -2.53. The molecule has 0 heterocycles. The molecule has 38 heavy (non-hydrogen) atoms. The van der Waals surface area contributed by atoms with Crippen molar-refractivity contribution < 1.29 is 38.2 Å². The fraction of sp³-hybridized carbons (Fsp3) is 0.792. The smallest absolute Gasteiger partial charge is 0.408 e. The number of rotatable bonds is 11. The molecule has 0 spiro atoms. The van der Waals surface area contributed by atoms with Crippen LogP contribution in [0.3, 0.4) is 0 Å². The molecular weight excluding hydrogens is 500 g/mol. The number of ether oxygens (including phenoxy) is 3. The van der Waals surface area contributed by atoms with E-state index in [1.807, 2.05) is 0 Å². The molecule has 220 valence electrons. The Kier molecular flexibility index (Phi) is 13.9. The second kappa shape index (κ2) is 15.2. The minimum Gasteiger partial charge on any atom is -0.444 e. The van der Waals surface area contributed by atoms with Crippen LogP contribution in [0.2, 0.25) is 0 Å². The lowest BCUT2D eigenvalue weighted by atomic mass is 10.1. The van der Waals surface area contributed by atoms with E-state index in [1.54, 1.807) is 62.3 Å². The van der Waals surface area contributed by atoms with Crippen LogP contribution in [0.1, 0.15) is 68.7 Å². The molecule has 0 aromatic rings. The quantitative estimate of drug-likeness (QED) is 0.161. The Hall–Kier alpha value is -3.29. The Morgan fingerprint density at radius 2 is 0.947 bits per heavy atom. The van der Waals surface area contributed by atoms with Gasteiger partial charge in [-0.2, -0.15) is 0 Å². The van der Waals surface area contributed by atoms with Gasteiger partial charge in [0.25, 0.3) is 0 Å². The van der Waals surface area contributed by atoms with Gasteiger partial charge in [-0.05, 0) is 68.7 Å². The summed E-state index contributed by atoms with van der Waals surface area (Å²) in [4.78, 5) is 61.2. The van der Waals surface area contributed by atoms with Crippen LogP contribution in [0.15, 0.2) is 0 Å². The van der Waals surface area contributed by atoms with Crippen molar-refractivity contribution in [2.24, 2.45) is 5.73 Å². The fourth-order valence-electron chi connectivity index (χ4n) is 2.65. The van der Waals surface area contributed by atoms with Crippen LogP contribution >= 0.6 is 0 Å². The zero-order valence-electron chi connectivity index (χ0n) is 24.0. The van der Waals surface area contributed by atoms with E-state index in [1.165, 1.54) is 0 Å². The number of carbonyl (C=O) groups excluding carboxylic acids is 5. The van der Waals surface area contributed by atoms with Crippen LogP contribution in [0, 0.1) is 0 Å². The fourth-order valence-corrected chi connectivity index (χ4v) is 2.65. The normalized spacial score (nSPS) is 13.3. The first-order chi connectivity index (χ1) is 17.2. The molecule has 0 aliphatic carbocycles. The van der Waals surface area contributed by atoms with E-state index in [0.717, 1.165) is 0 Å². The summed E-state index contributed by atoms with van der Waals surface area (Å²) in [5.41, 5.74) is 3.40. The molecule has 7 N–H and O–H groups in total. The van der Waals surface area contributed by atoms with Crippen molar-refractivity contribution in [3.05, 3.63) is 0 Å². The van der Waals surface area contributed by atoms with Gasteiger partial charge in [-0.3, -0.25) is 9.59 Å². The van der Waals surface area contributed by atoms with Gasteiger partial charge in [0.2, 0.25) is 11.8 Å². The number of alkyl carbamates (subject to hydrolysis) is 3. The molecule has 0 bridgehead atoms. The van der Waals surface area contributed by atoms with Gasteiger partial charge < -0.3 is 46.5 Å². The number of nitrogens with one attached hydrogen (secondary N) is 5. The maximum absolute atomic E-state index is 12.7. The van der Waals surface area contributed by atoms with E-state index in [9.17, 15) is 24.0 Å². The molecule has 0 unspecified atom stereocenters. The lowest BCUT2D eigenvalue weighted by Gasteiger charge is -2.24. The average Bonchev–Trinajstić information content (AvgIpc) is 2.70. The van der Waals surface area contributed by atoms with Crippen LogP contribution in [-0.4, -0.2) is 85.2 Å². The molecule has 0 saturated heterocycles. The van der Waals surface area contributed by atoms with Crippen molar-refractivity contribution in [1.29, 1.82) is 0 Å². The molecule has 0 aromatic heterocycles. The SMILES string of the molecule is CC(C)(C)OC(=O)NCCNC(=O)[C@H](CCNC(=O)[C@H](CN)NC(=O)OC(C)(C)C)NC(=O)OC(C)(C)C. The maximum atomic E-state index is 12.7. The molecule has 14 nitrogen and oxygen atoms in total. The van der Waals surface area contributed by atoms with E-state index in [-0.39, 0.29) is 32.6 Å². The number of amides is 5. The van der Waals surface area contributed by atoms with Crippen molar-refractivity contribution in [3.63, 3.8) is 0 Å². The van der Waals surface area contributed by atoms with Gasteiger partial charge in [0.15, 0.2) is 0 Å². The summed E-state index contributed by atoms with van der Waals surface area (Å²) in [6.45, 7) is 15.2. The number of carbonyl (C=O) groups is 5. The predicted molar refractivity (Wildman–Crippen MR) is 140 cm³/mol. The highest BCUT2D eigenvalue weighted by molar-refractivity contribution is 5.87. The third-order valence-corrected chi connectivity index (χ3v) is 4.08. The highest BCUT2D eigenvalue weighted by atomic mass is 16.6. The summed E-state index contributed by atoms with van der Waals surface area (Å²) in [6.07, 6.45) is -2.25. The Balaban J connectivity index is 4.98. The first-order valence-electron chi connectivity index (χ1n) is 12.4. The average molecular weight is 547 g/mol. The third-order valence-electron chi connectivity index (χ3n) is 4.08. The van der Waals surface area contributed by atoms with Crippen molar-refractivity contribution in [1.82, 2.24) is 26.6 Å². The summed E-state index contributed by atoms with van der Waals surface area (Å²) in [7, 11) is 0. The zero-order chi connectivity index (χ0) is 29.7. The molecule has 0 rings (SSSR count). The van der Waals surface area contributed by atoms with Crippen LogP contribution in [-0.2, 0) is 23.8 Å². The highest BCUT2D eigenvalue weighted by Crippen LogP contribution is 2.08. The van der Waals surface area contributed by atoms with Gasteiger partial charge in [-0.15, -0.1) is 0 Å². The highest BCUT2D eigenvalue weighted by Gasteiger charge is 2.26. The minimum atomic E-state index is -1.07. The van der Waals surface area contributed by atoms with Gasteiger partial charge in [0.05, 0.1) is 0 Å². The number of hydrogen-bond acceptors (Lipinski definition) is 9. The number of nitrogens with two attached hydrogens (primary N) is 1. The molecular formula is C24H46N6O8. The van der Waals surface area contributed by atoms with E-state index < -0.39 is 59.0 Å². The first-order valence-corrected chi connectivity index (χ1v) is 12.4. The molecule has 0 aliphatic heterocycles. The summed E-state index contributed by atoms with van der Waals surface area (Å²) in [5.74, 6) is -1.14. The Morgan fingerprint density at radius 3 is 1.39 bits per heavy atom. The molecule has 14 heteroatoms. The summed E-state index contributed by atoms with van der Waals surface area (Å²) in [6, 6.07) is -2.13. The van der Waals surface area contributed by atoms with Crippen molar-refractivity contribution >= 4 is 30.1 Å². The molecule has 0 radical (unpaired) electrons. The molecule has 0 fully saturated rings. The zero-order valence-corrected chi connectivity index (χ0v) is 24.0. The van der Waals surface area contributed by atoms with Gasteiger partial charge in [0, 0.05) is 26.2 Å². The first kappa shape index (κ1) is 34.7. The minimum absolute atomic E-state index is 0.0000392. The van der Waals surface area contributed by atoms with Crippen molar-refractivity contribution in [2.75, 3.05) is 26.2 Å². The van der Waals surface area contributed by atoms with Crippen molar-refractivity contribution in [2.45, 2.75) is 97.6 Å².